The topological polar surface area (TPSA) is 73.7 Å². The Hall–Kier alpha value is -2.00. The molecule has 2 aliphatic rings. The Labute approximate surface area is 210 Å². The minimum atomic E-state index is -3.63. The van der Waals surface area contributed by atoms with Crippen LogP contribution in [0.1, 0.15) is 63.9 Å². The van der Waals surface area contributed by atoms with E-state index < -0.39 is 15.4 Å². The molecule has 4 rings (SSSR count). The average molecular weight is 502 g/mol. The van der Waals surface area contributed by atoms with Crippen LogP contribution in [0.4, 0.5) is 0 Å². The number of sulfonamides is 1. The number of nitrogens with zero attached hydrogens (tertiary/aromatic N) is 3. The molecule has 0 bridgehead atoms. The highest BCUT2D eigenvalue weighted by Gasteiger charge is 2.46. The smallest absolute Gasteiger partial charge is 0.243 e. The van der Waals surface area contributed by atoms with Crippen LogP contribution >= 0.6 is 0 Å². The summed E-state index contributed by atoms with van der Waals surface area (Å²) >= 11 is 0. The Kier molecular flexibility index (Phi) is 7.31. The summed E-state index contributed by atoms with van der Waals surface area (Å²) in [4.78, 5) is 0.345. The van der Waals surface area contributed by atoms with Gasteiger partial charge in [0.25, 0.3) is 0 Å². The maximum absolute atomic E-state index is 13.7. The van der Waals surface area contributed by atoms with Crippen molar-refractivity contribution in [1.82, 2.24) is 14.1 Å². The maximum atomic E-state index is 13.7. The summed E-state index contributed by atoms with van der Waals surface area (Å²) in [6, 6.07) is 7.61. The Balaban J connectivity index is 1.65. The molecule has 2 heterocycles. The largest absolute Gasteiger partial charge is 0.382 e. The zero-order valence-electron chi connectivity index (χ0n) is 21.9. The number of ether oxygens (including phenoxy) is 2. The van der Waals surface area contributed by atoms with E-state index in [4.69, 9.17) is 9.47 Å². The Morgan fingerprint density at radius 1 is 1.14 bits per heavy atom. The lowest BCUT2D eigenvalue weighted by molar-refractivity contribution is 0.0147. The van der Waals surface area contributed by atoms with Crippen molar-refractivity contribution in [3.8, 4) is 0 Å². The van der Waals surface area contributed by atoms with Gasteiger partial charge in [-0.2, -0.15) is 9.40 Å². The molecule has 1 atom stereocenters. The van der Waals surface area contributed by atoms with Gasteiger partial charge in [0.05, 0.1) is 36.6 Å². The highest BCUT2D eigenvalue weighted by atomic mass is 32.2. The zero-order chi connectivity index (χ0) is 25.4. The predicted molar refractivity (Wildman–Crippen MR) is 138 cm³/mol. The third kappa shape index (κ3) is 5.12. The van der Waals surface area contributed by atoms with Crippen molar-refractivity contribution in [2.75, 3.05) is 40.0 Å². The second kappa shape index (κ2) is 9.81. The second-order valence-corrected chi connectivity index (χ2v) is 13.1. The van der Waals surface area contributed by atoms with Crippen molar-refractivity contribution < 1.29 is 17.9 Å². The average Bonchev–Trinajstić information content (AvgIpc) is 3.22. The predicted octanol–water partition coefficient (Wildman–Crippen LogP) is 4.45. The van der Waals surface area contributed by atoms with E-state index >= 15 is 0 Å². The molecule has 8 heteroatoms. The van der Waals surface area contributed by atoms with E-state index in [0.717, 1.165) is 16.8 Å². The van der Waals surface area contributed by atoms with Crippen LogP contribution in [-0.2, 0) is 31.3 Å². The highest BCUT2D eigenvalue weighted by Crippen LogP contribution is 2.45. The summed E-state index contributed by atoms with van der Waals surface area (Å²) in [5.41, 5.74) is 4.20. The van der Waals surface area contributed by atoms with Crippen molar-refractivity contribution in [3.05, 3.63) is 52.9 Å². The fourth-order valence-electron chi connectivity index (χ4n) is 5.15. The SMILES string of the molecule is COCCOCC12Cc3cnn(C(C)C)c3C=C1CCN(S(=O)(=O)c1ccc(C(C)(C)C)cc1)C2. The lowest BCUT2D eigenvalue weighted by Gasteiger charge is -2.46. The molecule has 1 fully saturated rings. The summed E-state index contributed by atoms with van der Waals surface area (Å²) in [6.07, 6.45) is 5.55. The molecule has 0 radical (unpaired) electrons. The summed E-state index contributed by atoms with van der Waals surface area (Å²) in [6.45, 7) is 12.9. The van der Waals surface area contributed by atoms with Crippen molar-refractivity contribution in [3.63, 3.8) is 0 Å². The first-order chi connectivity index (χ1) is 16.5. The molecule has 0 spiro atoms. The number of hydrogen-bond acceptors (Lipinski definition) is 5. The van der Waals surface area contributed by atoms with E-state index in [1.165, 1.54) is 5.57 Å². The molecule has 2 aromatic rings. The first kappa shape index (κ1) is 26.1. The van der Waals surface area contributed by atoms with E-state index in [1.54, 1.807) is 23.5 Å². The van der Waals surface area contributed by atoms with Crippen molar-refractivity contribution in [1.29, 1.82) is 0 Å². The molecule has 0 amide bonds. The lowest BCUT2D eigenvalue weighted by atomic mass is 9.69. The second-order valence-electron chi connectivity index (χ2n) is 11.1. The Morgan fingerprint density at radius 3 is 2.49 bits per heavy atom. The number of methoxy groups -OCH3 is 1. The van der Waals surface area contributed by atoms with Gasteiger partial charge in [0.1, 0.15) is 0 Å². The minimum absolute atomic E-state index is 0.0308. The van der Waals surface area contributed by atoms with Gasteiger partial charge in [-0.1, -0.05) is 38.5 Å². The fraction of sp³-hybridized carbons (Fsp3) is 0.593. The van der Waals surface area contributed by atoms with E-state index in [2.05, 4.69) is 50.5 Å². The molecule has 0 saturated carbocycles. The van der Waals surface area contributed by atoms with Crippen molar-refractivity contribution >= 4 is 16.1 Å². The first-order valence-electron chi connectivity index (χ1n) is 12.4. The molecule has 1 unspecified atom stereocenters. The minimum Gasteiger partial charge on any atom is -0.382 e. The highest BCUT2D eigenvalue weighted by molar-refractivity contribution is 7.89. The number of rotatable bonds is 8. The molecule has 35 heavy (non-hydrogen) atoms. The van der Waals surface area contributed by atoms with Gasteiger partial charge in [0, 0.05) is 31.7 Å². The molecular weight excluding hydrogens is 462 g/mol. The Morgan fingerprint density at radius 2 is 1.86 bits per heavy atom. The lowest BCUT2D eigenvalue weighted by Crippen LogP contribution is -2.51. The van der Waals surface area contributed by atoms with Crippen LogP contribution < -0.4 is 0 Å². The normalized spacial score (nSPS) is 21.1. The van der Waals surface area contributed by atoms with Gasteiger partial charge in [-0.15, -0.1) is 0 Å². The molecule has 1 saturated heterocycles. The first-order valence-corrected chi connectivity index (χ1v) is 13.9. The van der Waals surface area contributed by atoms with Gasteiger partial charge >= 0.3 is 0 Å². The monoisotopic (exact) mass is 501 g/mol. The van der Waals surface area contributed by atoms with Crippen LogP contribution in [0.3, 0.4) is 0 Å². The summed E-state index contributed by atoms with van der Waals surface area (Å²) < 4.78 is 42.3. The zero-order valence-corrected chi connectivity index (χ0v) is 22.7. The van der Waals surface area contributed by atoms with Gasteiger partial charge < -0.3 is 9.47 Å². The molecule has 1 aliphatic heterocycles. The number of hydrogen-bond donors (Lipinski definition) is 0. The van der Waals surface area contributed by atoms with Crippen LogP contribution in [0, 0.1) is 5.41 Å². The summed E-state index contributed by atoms with van der Waals surface area (Å²) in [5, 5.41) is 4.62. The van der Waals surface area contributed by atoms with Crippen LogP contribution in [0.15, 0.2) is 40.9 Å². The van der Waals surface area contributed by atoms with E-state index in [9.17, 15) is 8.42 Å². The van der Waals surface area contributed by atoms with Gasteiger partial charge in [-0.05, 0) is 61.4 Å². The molecule has 1 aliphatic carbocycles. The number of fused-ring (bicyclic) bond motifs is 2. The van der Waals surface area contributed by atoms with Crippen LogP contribution in [0.5, 0.6) is 0 Å². The fourth-order valence-corrected chi connectivity index (χ4v) is 6.67. The number of aromatic nitrogens is 2. The molecule has 7 nitrogen and oxygen atoms in total. The van der Waals surface area contributed by atoms with Crippen molar-refractivity contribution in [2.45, 2.75) is 63.8 Å². The van der Waals surface area contributed by atoms with E-state index in [-0.39, 0.29) is 11.5 Å². The standard InChI is InChI=1S/C27H39N3O4S/c1-20(2)30-25-15-23-11-12-29(35(31,32)24-9-7-22(8-10-24)26(3,4)5)18-27(23,16-21(25)17-28-30)19-34-14-13-33-6/h7-10,15,17,20H,11-14,16,18-19H2,1-6H3. The molecule has 0 N–H and O–H groups in total. The number of benzene rings is 1. The van der Waals surface area contributed by atoms with Gasteiger partial charge in [0.2, 0.25) is 10.0 Å². The van der Waals surface area contributed by atoms with Crippen LogP contribution in [-0.4, -0.2) is 62.5 Å². The van der Waals surface area contributed by atoms with Crippen LogP contribution in [0.25, 0.3) is 6.08 Å². The van der Waals surface area contributed by atoms with Crippen LogP contribution in [0.2, 0.25) is 0 Å². The molecule has 192 valence electrons. The molecule has 1 aromatic carbocycles. The number of piperidine rings is 1. The third-order valence-electron chi connectivity index (χ3n) is 7.20. The summed E-state index contributed by atoms with van der Waals surface area (Å²) in [5.74, 6) is 0. The third-order valence-corrected chi connectivity index (χ3v) is 9.06. The quantitative estimate of drug-likeness (QED) is 0.500. The Bertz CT molecular complexity index is 1180. The molecule has 1 aromatic heterocycles. The maximum Gasteiger partial charge on any atom is 0.243 e. The van der Waals surface area contributed by atoms with Gasteiger partial charge in [-0.25, -0.2) is 8.42 Å². The van der Waals surface area contributed by atoms with E-state index in [0.29, 0.717) is 50.6 Å². The van der Waals surface area contributed by atoms with Crippen molar-refractivity contribution in [2.24, 2.45) is 5.41 Å². The van der Waals surface area contributed by atoms with Gasteiger partial charge in [0.15, 0.2) is 0 Å². The van der Waals surface area contributed by atoms with Gasteiger partial charge in [-0.3, -0.25) is 4.68 Å². The summed E-state index contributed by atoms with van der Waals surface area (Å²) in [7, 11) is -1.98. The molecular formula is C27H39N3O4S. The van der Waals surface area contributed by atoms with E-state index in [1.807, 2.05) is 18.3 Å².